The molecule has 0 aliphatic rings. The van der Waals surface area contributed by atoms with E-state index >= 15 is 0 Å². The predicted octanol–water partition coefficient (Wildman–Crippen LogP) is -2.33. The van der Waals surface area contributed by atoms with Crippen molar-refractivity contribution < 1.29 is 26.9 Å². The van der Waals surface area contributed by atoms with E-state index in [-0.39, 0.29) is 12.4 Å². The smallest absolute Gasteiger partial charge is 0.305 e. The molecule has 0 aliphatic heterocycles. The Bertz CT molecular complexity index is 350. The van der Waals surface area contributed by atoms with E-state index in [1.54, 1.807) is 0 Å². The topological polar surface area (TPSA) is 50.6 Å². The second-order valence-electron chi connectivity index (χ2n) is 3.10. The number of aryl methyl sites for hydroxylation is 1. The van der Waals surface area contributed by atoms with E-state index in [0.29, 0.717) is 13.3 Å². The van der Waals surface area contributed by atoms with E-state index < -0.39 is 0 Å². The molecule has 0 aromatic carbocycles. The quantitative estimate of drug-likeness (QED) is 0.153. The van der Waals surface area contributed by atoms with Crippen molar-refractivity contribution >= 4 is 6.21 Å². The van der Waals surface area contributed by atoms with Gasteiger partial charge >= 0.3 is 5.82 Å². The van der Waals surface area contributed by atoms with Gasteiger partial charge in [0.2, 0.25) is 0 Å². The van der Waals surface area contributed by atoms with Crippen molar-refractivity contribution in [3.05, 3.63) is 30.9 Å². The monoisotopic (exact) mass is 245 g/mol. The van der Waals surface area contributed by atoms with E-state index in [9.17, 15) is 0 Å². The van der Waals surface area contributed by atoms with Crippen molar-refractivity contribution in [2.45, 2.75) is 13.2 Å². The molecule has 0 saturated carbocycles. The molecule has 1 aromatic rings. The van der Waals surface area contributed by atoms with Crippen LogP contribution in [-0.2, 0) is 18.5 Å². The van der Waals surface area contributed by atoms with Crippen LogP contribution in [0.1, 0.15) is 12.2 Å². The number of nitrogens with zero attached hydrogens (tertiary/aromatic N) is 3. The molecular formula is C10H16ClN3O2. The number of halogens is 1. The second kappa shape index (κ2) is 7.90. The highest BCUT2D eigenvalue weighted by Crippen LogP contribution is 1.94. The highest BCUT2D eigenvalue weighted by molar-refractivity contribution is 5.72. The molecule has 0 saturated heterocycles. The van der Waals surface area contributed by atoms with Crippen LogP contribution in [0.25, 0.3) is 0 Å². The van der Waals surface area contributed by atoms with E-state index in [4.69, 9.17) is 9.94 Å². The zero-order valence-electron chi connectivity index (χ0n) is 9.21. The normalized spacial score (nSPS) is 10.3. The molecule has 90 valence electrons. The van der Waals surface area contributed by atoms with Gasteiger partial charge in [0.05, 0.1) is 13.7 Å². The molecule has 1 rings (SSSR count). The molecule has 0 unspecified atom stereocenters. The van der Waals surface area contributed by atoms with Gasteiger partial charge in [-0.1, -0.05) is 11.2 Å². The maximum Gasteiger partial charge on any atom is 0.305 e. The summed E-state index contributed by atoms with van der Waals surface area (Å²) < 4.78 is 9.09. The molecule has 0 amide bonds. The third-order valence-corrected chi connectivity index (χ3v) is 2.00. The summed E-state index contributed by atoms with van der Waals surface area (Å²) in [6.07, 6.45) is 7.75. The second-order valence-corrected chi connectivity index (χ2v) is 3.10. The first-order chi connectivity index (χ1) is 7.29. The molecule has 0 atom stereocenters. The zero-order valence-corrected chi connectivity index (χ0v) is 9.97. The molecule has 1 heterocycles. The zero-order chi connectivity index (χ0) is 11.1. The van der Waals surface area contributed by atoms with Gasteiger partial charge in [0.15, 0.2) is 12.9 Å². The van der Waals surface area contributed by atoms with E-state index in [2.05, 4.69) is 11.7 Å². The lowest BCUT2D eigenvalue weighted by Crippen LogP contribution is -3.00. The molecule has 5 nitrogen and oxygen atoms in total. The number of hydrogen-bond acceptors (Lipinski definition) is 3. The van der Waals surface area contributed by atoms with Crippen LogP contribution >= 0.6 is 0 Å². The molecule has 0 bridgehead atoms. The lowest BCUT2D eigenvalue weighted by molar-refractivity contribution is -0.672. The summed E-state index contributed by atoms with van der Waals surface area (Å²) in [5.74, 6) is 0.774. The molecule has 0 radical (unpaired) electrons. The van der Waals surface area contributed by atoms with Crippen molar-refractivity contribution in [3.8, 4) is 0 Å². The average Bonchev–Trinajstić information content (AvgIpc) is 2.57. The predicted molar refractivity (Wildman–Crippen MR) is 55.8 cm³/mol. The van der Waals surface area contributed by atoms with Crippen molar-refractivity contribution in [1.82, 2.24) is 4.57 Å². The first-order valence-electron chi connectivity index (χ1n) is 4.70. The van der Waals surface area contributed by atoms with Crippen molar-refractivity contribution in [1.29, 1.82) is 0 Å². The Labute approximate surface area is 101 Å². The summed E-state index contributed by atoms with van der Waals surface area (Å²) in [5.41, 5.74) is 0. The fraction of sp³-hybridized carbons (Fsp3) is 0.400. The van der Waals surface area contributed by atoms with E-state index in [1.165, 1.54) is 6.21 Å². The summed E-state index contributed by atoms with van der Waals surface area (Å²) >= 11 is 0. The van der Waals surface area contributed by atoms with Gasteiger partial charge in [-0.2, -0.15) is 0 Å². The van der Waals surface area contributed by atoms with Gasteiger partial charge in [-0.05, 0) is 6.42 Å². The van der Waals surface area contributed by atoms with Gasteiger partial charge in [0.1, 0.15) is 12.4 Å². The van der Waals surface area contributed by atoms with Gasteiger partial charge in [-0.25, -0.2) is 9.13 Å². The van der Waals surface area contributed by atoms with Gasteiger partial charge in [0.25, 0.3) is 0 Å². The number of aromatic nitrogens is 2. The minimum absolute atomic E-state index is 0. The Morgan fingerprint density at radius 2 is 2.44 bits per heavy atom. The number of imidazole rings is 1. The first-order valence-corrected chi connectivity index (χ1v) is 4.70. The average molecular weight is 246 g/mol. The fourth-order valence-corrected chi connectivity index (χ4v) is 1.19. The molecule has 0 spiro atoms. The minimum Gasteiger partial charge on any atom is -1.00 e. The Hall–Kier alpha value is -1.33. The van der Waals surface area contributed by atoms with Crippen molar-refractivity contribution in [2.75, 3.05) is 6.61 Å². The third-order valence-electron chi connectivity index (χ3n) is 2.00. The number of ether oxygens (including phenoxy) is 1. The maximum absolute atomic E-state index is 8.49. The van der Waals surface area contributed by atoms with Gasteiger partial charge in [-0.15, -0.1) is 6.58 Å². The Morgan fingerprint density at radius 3 is 3.06 bits per heavy atom. The van der Waals surface area contributed by atoms with Crippen molar-refractivity contribution in [2.24, 2.45) is 12.2 Å². The lowest BCUT2D eigenvalue weighted by atomic mass is 10.5. The molecule has 1 N–H and O–H groups in total. The fourth-order valence-electron chi connectivity index (χ4n) is 1.19. The third kappa shape index (κ3) is 4.04. The summed E-state index contributed by atoms with van der Waals surface area (Å²) in [4.78, 5) is 0. The molecule has 16 heavy (non-hydrogen) atoms. The van der Waals surface area contributed by atoms with Gasteiger partial charge in [0, 0.05) is 0 Å². The standard InChI is InChI=1S/C10H15N3O2.ClH/c1-3-4-7-15-9-13-6-5-12(2)10(13)8-11-14;/h3,5-6,8H,1,4,7,9H2,2H3;1H. The van der Waals surface area contributed by atoms with Crippen LogP contribution in [0.5, 0.6) is 0 Å². The van der Waals surface area contributed by atoms with E-state index in [0.717, 1.165) is 12.2 Å². The minimum atomic E-state index is 0. The van der Waals surface area contributed by atoms with Crippen LogP contribution in [0.3, 0.4) is 0 Å². The summed E-state index contributed by atoms with van der Waals surface area (Å²) in [6.45, 7) is 4.69. The summed E-state index contributed by atoms with van der Waals surface area (Å²) in [5, 5.41) is 11.5. The molecule has 6 heteroatoms. The van der Waals surface area contributed by atoms with Crippen LogP contribution in [-0.4, -0.2) is 22.6 Å². The van der Waals surface area contributed by atoms with Gasteiger partial charge < -0.3 is 22.4 Å². The largest absolute Gasteiger partial charge is 1.00 e. The Balaban J connectivity index is 0.00000225. The Kier molecular flexibility index (Phi) is 7.24. The van der Waals surface area contributed by atoms with Crippen LogP contribution in [0.15, 0.2) is 30.2 Å². The highest BCUT2D eigenvalue weighted by atomic mass is 35.5. The van der Waals surface area contributed by atoms with Crippen LogP contribution in [0.4, 0.5) is 0 Å². The Morgan fingerprint density at radius 1 is 1.69 bits per heavy atom. The van der Waals surface area contributed by atoms with Crippen LogP contribution in [0.2, 0.25) is 0 Å². The number of hydrogen-bond donors (Lipinski definition) is 1. The molecule has 1 aromatic heterocycles. The molecule has 0 aliphatic carbocycles. The van der Waals surface area contributed by atoms with Crippen LogP contribution in [0, 0.1) is 0 Å². The lowest BCUT2D eigenvalue weighted by Gasteiger charge is -2.00. The van der Waals surface area contributed by atoms with Gasteiger partial charge in [-0.3, -0.25) is 0 Å². The van der Waals surface area contributed by atoms with Crippen LogP contribution < -0.4 is 17.0 Å². The SMILES string of the molecule is C=CCCOCn1cc[n+](C)c1/C=N/O.[Cl-]. The summed E-state index contributed by atoms with van der Waals surface area (Å²) in [7, 11) is 1.87. The van der Waals surface area contributed by atoms with Crippen molar-refractivity contribution in [3.63, 3.8) is 0 Å². The highest BCUT2D eigenvalue weighted by Gasteiger charge is 2.11. The number of oxime groups is 1. The maximum atomic E-state index is 8.49. The number of rotatable bonds is 6. The van der Waals surface area contributed by atoms with E-state index in [1.807, 2.05) is 34.7 Å². The summed E-state index contributed by atoms with van der Waals surface area (Å²) in [6, 6.07) is 0. The molecule has 0 fully saturated rings. The first kappa shape index (κ1) is 14.7. The molecular weight excluding hydrogens is 230 g/mol.